The highest BCUT2D eigenvalue weighted by Crippen LogP contribution is 2.36. The average Bonchev–Trinajstić information content (AvgIpc) is 3.04. The second kappa shape index (κ2) is 6.26. The molecule has 0 radical (unpaired) electrons. The van der Waals surface area contributed by atoms with Crippen LogP contribution in [0.3, 0.4) is 0 Å². The molecule has 0 aliphatic carbocycles. The van der Waals surface area contributed by atoms with E-state index in [4.69, 9.17) is 0 Å². The van der Waals surface area contributed by atoms with Gasteiger partial charge < -0.3 is 5.32 Å². The smallest absolute Gasteiger partial charge is 0.126 e. The van der Waals surface area contributed by atoms with Crippen molar-refractivity contribution in [2.75, 3.05) is 6.54 Å². The number of aryl methyl sites for hydroxylation is 1. The summed E-state index contributed by atoms with van der Waals surface area (Å²) in [6, 6.07) is 9.99. The number of thiophene rings is 2. The molecular formula is C17H18FNS2. The molecule has 1 nitrogen and oxygen atoms in total. The maximum Gasteiger partial charge on any atom is 0.126 e. The van der Waals surface area contributed by atoms with E-state index >= 15 is 0 Å². The molecule has 0 saturated carbocycles. The first-order chi connectivity index (χ1) is 10.2. The normalized spacial score (nSPS) is 12.9. The third-order valence-corrected chi connectivity index (χ3v) is 5.71. The zero-order valence-corrected chi connectivity index (χ0v) is 13.8. The Hall–Kier alpha value is -1.23. The summed E-state index contributed by atoms with van der Waals surface area (Å²) in [4.78, 5) is 1.30. The quantitative estimate of drug-likeness (QED) is 0.655. The summed E-state index contributed by atoms with van der Waals surface area (Å²) in [5.74, 6) is -0.139. The van der Waals surface area contributed by atoms with Crippen molar-refractivity contribution in [3.8, 4) is 0 Å². The summed E-state index contributed by atoms with van der Waals surface area (Å²) in [7, 11) is 0. The van der Waals surface area contributed by atoms with Crippen molar-refractivity contribution in [1.29, 1.82) is 0 Å². The van der Waals surface area contributed by atoms with E-state index in [1.165, 1.54) is 14.3 Å². The van der Waals surface area contributed by atoms with Gasteiger partial charge in [-0.15, -0.1) is 22.7 Å². The zero-order chi connectivity index (χ0) is 14.8. The summed E-state index contributed by atoms with van der Waals surface area (Å²) < 4.78 is 16.2. The predicted octanol–water partition coefficient (Wildman–Crippen LogP) is 5.50. The largest absolute Gasteiger partial charge is 0.306 e. The van der Waals surface area contributed by atoms with Crippen LogP contribution in [0.4, 0.5) is 4.39 Å². The molecule has 0 fully saturated rings. The van der Waals surface area contributed by atoms with E-state index in [1.54, 1.807) is 17.4 Å². The number of nitrogens with one attached hydrogen (secondary N) is 1. The van der Waals surface area contributed by atoms with E-state index in [1.807, 2.05) is 30.4 Å². The van der Waals surface area contributed by atoms with Crippen LogP contribution in [0.15, 0.2) is 35.7 Å². The highest BCUT2D eigenvalue weighted by molar-refractivity contribution is 7.27. The van der Waals surface area contributed by atoms with Crippen LogP contribution in [-0.2, 0) is 0 Å². The second-order valence-electron chi connectivity index (χ2n) is 5.19. The number of halogens is 1. The summed E-state index contributed by atoms with van der Waals surface area (Å²) in [6.07, 6.45) is 1.08. The summed E-state index contributed by atoms with van der Waals surface area (Å²) >= 11 is 3.59. The first-order valence-corrected chi connectivity index (χ1v) is 8.85. The minimum Gasteiger partial charge on any atom is -0.306 e. The van der Waals surface area contributed by atoms with Crippen molar-refractivity contribution in [2.24, 2.45) is 0 Å². The van der Waals surface area contributed by atoms with E-state index < -0.39 is 0 Å². The van der Waals surface area contributed by atoms with Gasteiger partial charge in [0, 0.05) is 14.3 Å². The maximum absolute atomic E-state index is 13.5. The van der Waals surface area contributed by atoms with Crippen molar-refractivity contribution < 1.29 is 4.39 Å². The molecular weight excluding hydrogens is 301 g/mol. The Bertz CT molecular complexity index is 716. The predicted molar refractivity (Wildman–Crippen MR) is 91.0 cm³/mol. The van der Waals surface area contributed by atoms with Gasteiger partial charge in [0.1, 0.15) is 5.82 Å². The SMILES string of the molecule is CCCNC(c1ccc(F)c(C)c1)c1cc2sccc2s1. The van der Waals surface area contributed by atoms with Crippen LogP contribution >= 0.6 is 22.7 Å². The monoisotopic (exact) mass is 319 g/mol. The molecule has 1 atom stereocenters. The number of benzene rings is 1. The Balaban J connectivity index is 1.99. The fraction of sp³-hybridized carbons (Fsp3) is 0.294. The molecule has 0 aliphatic heterocycles. The van der Waals surface area contributed by atoms with Crippen LogP contribution in [0.5, 0.6) is 0 Å². The van der Waals surface area contributed by atoms with Gasteiger partial charge in [0.2, 0.25) is 0 Å². The van der Waals surface area contributed by atoms with Crippen molar-refractivity contribution in [3.05, 3.63) is 57.5 Å². The molecule has 1 aromatic carbocycles. The van der Waals surface area contributed by atoms with Crippen LogP contribution in [0, 0.1) is 12.7 Å². The van der Waals surface area contributed by atoms with Gasteiger partial charge in [-0.2, -0.15) is 0 Å². The van der Waals surface area contributed by atoms with E-state index in [0.717, 1.165) is 18.5 Å². The molecule has 1 N–H and O–H groups in total. The molecule has 0 spiro atoms. The number of hydrogen-bond acceptors (Lipinski definition) is 3. The molecule has 2 heterocycles. The lowest BCUT2D eigenvalue weighted by Gasteiger charge is -2.18. The van der Waals surface area contributed by atoms with Gasteiger partial charge in [-0.05, 0) is 54.6 Å². The average molecular weight is 319 g/mol. The van der Waals surface area contributed by atoms with Gasteiger partial charge in [0.15, 0.2) is 0 Å². The molecule has 0 amide bonds. The molecule has 4 heteroatoms. The van der Waals surface area contributed by atoms with Crippen molar-refractivity contribution in [1.82, 2.24) is 5.32 Å². The molecule has 21 heavy (non-hydrogen) atoms. The lowest BCUT2D eigenvalue weighted by Crippen LogP contribution is -2.22. The molecule has 0 aliphatic rings. The fourth-order valence-corrected chi connectivity index (χ4v) is 4.67. The van der Waals surface area contributed by atoms with Gasteiger partial charge in [0.25, 0.3) is 0 Å². The number of rotatable bonds is 5. The van der Waals surface area contributed by atoms with Crippen LogP contribution in [0.25, 0.3) is 9.40 Å². The minimum atomic E-state index is -0.139. The van der Waals surface area contributed by atoms with E-state index in [0.29, 0.717) is 5.56 Å². The molecule has 0 bridgehead atoms. The van der Waals surface area contributed by atoms with Crippen LogP contribution in [0.2, 0.25) is 0 Å². The first-order valence-electron chi connectivity index (χ1n) is 7.15. The van der Waals surface area contributed by atoms with Gasteiger partial charge in [-0.25, -0.2) is 4.39 Å². The Morgan fingerprint density at radius 1 is 1.19 bits per heavy atom. The number of hydrogen-bond donors (Lipinski definition) is 1. The molecule has 2 aromatic heterocycles. The number of fused-ring (bicyclic) bond motifs is 1. The zero-order valence-electron chi connectivity index (χ0n) is 12.2. The van der Waals surface area contributed by atoms with Crippen LogP contribution < -0.4 is 5.32 Å². The lowest BCUT2D eigenvalue weighted by atomic mass is 10.0. The van der Waals surface area contributed by atoms with E-state index in [2.05, 4.69) is 29.8 Å². The Kier molecular flexibility index (Phi) is 4.38. The van der Waals surface area contributed by atoms with Gasteiger partial charge >= 0.3 is 0 Å². The Morgan fingerprint density at radius 2 is 2.05 bits per heavy atom. The van der Waals surface area contributed by atoms with E-state index in [-0.39, 0.29) is 11.9 Å². The van der Waals surface area contributed by atoms with Gasteiger partial charge in [0.05, 0.1) is 6.04 Å². The lowest BCUT2D eigenvalue weighted by molar-refractivity contribution is 0.595. The maximum atomic E-state index is 13.5. The first kappa shape index (κ1) is 14.7. The summed E-state index contributed by atoms with van der Waals surface area (Å²) in [5.41, 5.74) is 1.84. The van der Waals surface area contributed by atoms with E-state index in [9.17, 15) is 4.39 Å². The van der Waals surface area contributed by atoms with Crippen molar-refractivity contribution in [3.63, 3.8) is 0 Å². The highest BCUT2D eigenvalue weighted by atomic mass is 32.1. The topological polar surface area (TPSA) is 12.0 Å². The minimum absolute atomic E-state index is 0.139. The third-order valence-electron chi connectivity index (χ3n) is 3.56. The molecule has 0 saturated heterocycles. The van der Waals surface area contributed by atoms with Gasteiger partial charge in [-0.1, -0.05) is 19.1 Å². The standard InChI is InChI=1S/C17H18FNS2/c1-3-7-19-17(12-4-5-13(18)11(2)9-12)16-10-15-14(21-16)6-8-20-15/h4-6,8-10,17,19H,3,7H2,1-2H3. The molecule has 3 rings (SSSR count). The fourth-order valence-electron chi connectivity index (χ4n) is 2.45. The van der Waals surface area contributed by atoms with Crippen LogP contribution in [-0.4, -0.2) is 6.54 Å². The summed E-state index contributed by atoms with van der Waals surface area (Å²) in [6.45, 7) is 4.93. The second-order valence-corrected chi connectivity index (χ2v) is 7.26. The van der Waals surface area contributed by atoms with Crippen molar-refractivity contribution >= 4 is 32.1 Å². The van der Waals surface area contributed by atoms with Crippen LogP contribution in [0.1, 0.15) is 35.4 Å². The van der Waals surface area contributed by atoms with Gasteiger partial charge in [-0.3, -0.25) is 0 Å². The Morgan fingerprint density at radius 3 is 2.76 bits per heavy atom. The Labute approximate surface area is 132 Å². The highest BCUT2D eigenvalue weighted by Gasteiger charge is 2.17. The molecule has 1 unspecified atom stereocenters. The summed E-state index contributed by atoms with van der Waals surface area (Å²) in [5, 5.41) is 5.72. The molecule has 3 aromatic rings. The van der Waals surface area contributed by atoms with Crippen molar-refractivity contribution in [2.45, 2.75) is 26.3 Å². The molecule has 110 valence electrons. The third kappa shape index (κ3) is 3.03.